The molecule has 2 atom stereocenters. The van der Waals surface area contributed by atoms with Crippen LogP contribution < -0.4 is 5.32 Å². The van der Waals surface area contributed by atoms with Gasteiger partial charge >= 0.3 is 0 Å². The summed E-state index contributed by atoms with van der Waals surface area (Å²) >= 11 is 0. The number of halogens is 1. The smallest absolute Gasteiger partial charge is 0.0599 e. The topological polar surface area (TPSA) is 35.5 Å². The van der Waals surface area contributed by atoms with E-state index in [4.69, 9.17) is 5.11 Å². The lowest BCUT2D eigenvalue weighted by molar-refractivity contribution is 0.107. The van der Waals surface area contributed by atoms with Gasteiger partial charge in [0.15, 0.2) is 0 Å². The summed E-state index contributed by atoms with van der Waals surface area (Å²) in [6.07, 6.45) is 0. The molecule has 11 heavy (non-hydrogen) atoms. The molecule has 2 N–H and O–H groups in total. The SMILES string of the molecule is C[C@@H]1CN(C)[C@H](CO)CN1.Cl. The lowest BCUT2D eigenvalue weighted by Gasteiger charge is -2.35. The number of nitrogens with one attached hydrogen (secondary N) is 1. The summed E-state index contributed by atoms with van der Waals surface area (Å²) in [5.41, 5.74) is 0. The number of nitrogens with zero attached hydrogens (tertiary/aromatic N) is 1. The van der Waals surface area contributed by atoms with Gasteiger partial charge in [0.25, 0.3) is 0 Å². The standard InChI is InChI=1S/C7H16N2O.ClH/c1-6-4-9(2)7(5-10)3-8-6;/h6-8,10H,3-5H2,1-2H3;1H/t6-,7+;/m1./s1. The molecular formula is C7H17ClN2O. The van der Waals surface area contributed by atoms with Crippen LogP contribution in [-0.2, 0) is 0 Å². The van der Waals surface area contributed by atoms with E-state index in [1.807, 2.05) is 0 Å². The summed E-state index contributed by atoms with van der Waals surface area (Å²) in [5.74, 6) is 0. The van der Waals surface area contributed by atoms with Gasteiger partial charge in [-0.1, -0.05) is 0 Å². The third kappa shape index (κ3) is 2.95. The molecule has 1 rings (SSSR count). The van der Waals surface area contributed by atoms with Crippen molar-refractivity contribution in [3.8, 4) is 0 Å². The van der Waals surface area contributed by atoms with Crippen LogP contribution in [0.25, 0.3) is 0 Å². The second kappa shape index (κ2) is 4.93. The Kier molecular flexibility index (Phi) is 5.01. The second-order valence-corrected chi connectivity index (χ2v) is 3.09. The van der Waals surface area contributed by atoms with E-state index in [1.165, 1.54) is 0 Å². The first-order chi connectivity index (χ1) is 4.74. The number of hydrogen-bond donors (Lipinski definition) is 2. The summed E-state index contributed by atoms with van der Waals surface area (Å²) in [5, 5.41) is 12.2. The fourth-order valence-corrected chi connectivity index (χ4v) is 1.34. The third-order valence-electron chi connectivity index (χ3n) is 2.10. The molecule has 0 amide bonds. The summed E-state index contributed by atoms with van der Waals surface area (Å²) in [7, 11) is 2.05. The Morgan fingerprint density at radius 1 is 1.64 bits per heavy atom. The van der Waals surface area contributed by atoms with Gasteiger partial charge in [-0.3, -0.25) is 4.90 Å². The number of aliphatic hydroxyl groups excluding tert-OH is 1. The van der Waals surface area contributed by atoms with Gasteiger partial charge in [-0.25, -0.2) is 0 Å². The highest BCUT2D eigenvalue weighted by Crippen LogP contribution is 2.02. The van der Waals surface area contributed by atoms with Gasteiger partial charge < -0.3 is 10.4 Å². The van der Waals surface area contributed by atoms with Gasteiger partial charge in [0.1, 0.15) is 0 Å². The highest BCUT2D eigenvalue weighted by molar-refractivity contribution is 5.85. The first-order valence-electron chi connectivity index (χ1n) is 3.78. The van der Waals surface area contributed by atoms with Crippen molar-refractivity contribution in [2.75, 3.05) is 26.7 Å². The van der Waals surface area contributed by atoms with Gasteiger partial charge in [0.05, 0.1) is 6.61 Å². The minimum absolute atomic E-state index is 0. The maximum atomic E-state index is 8.87. The van der Waals surface area contributed by atoms with Gasteiger partial charge in [0.2, 0.25) is 0 Å². The zero-order chi connectivity index (χ0) is 7.56. The molecule has 68 valence electrons. The molecule has 0 aromatic rings. The number of piperazine rings is 1. The Bertz CT molecular complexity index is 113. The van der Waals surface area contributed by atoms with Crippen molar-refractivity contribution >= 4 is 12.4 Å². The molecule has 0 unspecified atom stereocenters. The lowest BCUT2D eigenvalue weighted by atomic mass is 10.1. The molecule has 0 aliphatic carbocycles. The zero-order valence-electron chi connectivity index (χ0n) is 7.08. The highest BCUT2D eigenvalue weighted by atomic mass is 35.5. The van der Waals surface area contributed by atoms with E-state index in [0.29, 0.717) is 12.1 Å². The van der Waals surface area contributed by atoms with E-state index >= 15 is 0 Å². The van der Waals surface area contributed by atoms with Crippen molar-refractivity contribution in [1.29, 1.82) is 0 Å². The quantitative estimate of drug-likeness (QED) is 0.582. The van der Waals surface area contributed by atoms with Gasteiger partial charge in [-0.05, 0) is 14.0 Å². The number of rotatable bonds is 1. The summed E-state index contributed by atoms with van der Waals surface area (Å²) in [6, 6.07) is 0.879. The van der Waals surface area contributed by atoms with Crippen molar-refractivity contribution in [3.05, 3.63) is 0 Å². The maximum Gasteiger partial charge on any atom is 0.0599 e. The summed E-state index contributed by atoms with van der Waals surface area (Å²) in [4.78, 5) is 2.20. The van der Waals surface area contributed by atoms with E-state index in [2.05, 4.69) is 24.2 Å². The average Bonchev–Trinajstić information content (AvgIpc) is 1.88. The number of hydrogen-bond acceptors (Lipinski definition) is 3. The molecule has 1 heterocycles. The predicted octanol–water partition coefficient (Wildman–Crippen LogP) is -0.307. The van der Waals surface area contributed by atoms with Crippen molar-refractivity contribution < 1.29 is 5.11 Å². The molecule has 0 radical (unpaired) electrons. The van der Waals surface area contributed by atoms with E-state index in [9.17, 15) is 0 Å². The molecule has 0 saturated carbocycles. The molecular weight excluding hydrogens is 164 g/mol. The van der Waals surface area contributed by atoms with Crippen molar-refractivity contribution in [2.24, 2.45) is 0 Å². The van der Waals surface area contributed by atoms with Crippen LogP contribution >= 0.6 is 12.4 Å². The number of aliphatic hydroxyl groups is 1. The molecule has 0 spiro atoms. The molecule has 1 aliphatic heterocycles. The van der Waals surface area contributed by atoms with Crippen LogP contribution in [0.4, 0.5) is 0 Å². The van der Waals surface area contributed by atoms with E-state index in [0.717, 1.165) is 13.1 Å². The predicted molar refractivity (Wildman–Crippen MR) is 48.2 cm³/mol. The largest absolute Gasteiger partial charge is 0.395 e. The Hall–Kier alpha value is 0.170. The van der Waals surface area contributed by atoms with E-state index < -0.39 is 0 Å². The molecule has 3 nitrogen and oxygen atoms in total. The Morgan fingerprint density at radius 3 is 2.73 bits per heavy atom. The van der Waals surface area contributed by atoms with Crippen LogP contribution in [-0.4, -0.2) is 48.8 Å². The van der Waals surface area contributed by atoms with Crippen LogP contribution in [0, 0.1) is 0 Å². The van der Waals surface area contributed by atoms with Gasteiger partial charge in [0, 0.05) is 25.2 Å². The molecule has 1 saturated heterocycles. The van der Waals surface area contributed by atoms with Crippen molar-refractivity contribution in [3.63, 3.8) is 0 Å². The van der Waals surface area contributed by atoms with E-state index in [1.54, 1.807) is 0 Å². The first kappa shape index (κ1) is 11.2. The van der Waals surface area contributed by atoms with Crippen LogP contribution in [0.15, 0.2) is 0 Å². The fraction of sp³-hybridized carbons (Fsp3) is 1.00. The maximum absolute atomic E-state index is 8.87. The van der Waals surface area contributed by atoms with Crippen LogP contribution in [0.3, 0.4) is 0 Å². The van der Waals surface area contributed by atoms with Gasteiger partial charge in [-0.15, -0.1) is 12.4 Å². The number of likely N-dealkylation sites (N-methyl/N-ethyl adjacent to an activating group) is 1. The highest BCUT2D eigenvalue weighted by Gasteiger charge is 2.20. The third-order valence-corrected chi connectivity index (χ3v) is 2.10. The zero-order valence-corrected chi connectivity index (χ0v) is 7.90. The molecule has 1 aliphatic rings. The van der Waals surface area contributed by atoms with Crippen LogP contribution in [0.2, 0.25) is 0 Å². The normalized spacial score (nSPS) is 33.0. The van der Waals surface area contributed by atoms with Crippen molar-refractivity contribution in [2.45, 2.75) is 19.0 Å². The summed E-state index contributed by atoms with van der Waals surface area (Å²) < 4.78 is 0. The minimum Gasteiger partial charge on any atom is -0.395 e. The summed E-state index contributed by atoms with van der Waals surface area (Å²) in [6.45, 7) is 4.36. The lowest BCUT2D eigenvalue weighted by Crippen LogP contribution is -2.55. The average molecular weight is 181 g/mol. The Morgan fingerprint density at radius 2 is 2.27 bits per heavy atom. The molecule has 4 heteroatoms. The molecule has 0 aromatic carbocycles. The van der Waals surface area contributed by atoms with Crippen LogP contribution in [0.5, 0.6) is 0 Å². The van der Waals surface area contributed by atoms with Crippen molar-refractivity contribution in [1.82, 2.24) is 10.2 Å². The molecule has 0 aromatic heterocycles. The van der Waals surface area contributed by atoms with Gasteiger partial charge in [-0.2, -0.15) is 0 Å². The van der Waals surface area contributed by atoms with Crippen LogP contribution in [0.1, 0.15) is 6.92 Å². The Balaban J connectivity index is 0.000001000. The molecule has 1 fully saturated rings. The van der Waals surface area contributed by atoms with E-state index in [-0.39, 0.29) is 19.0 Å². The first-order valence-corrected chi connectivity index (χ1v) is 3.78. The second-order valence-electron chi connectivity index (χ2n) is 3.09. The minimum atomic E-state index is 0. The molecule has 0 bridgehead atoms. The monoisotopic (exact) mass is 180 g/mol. The fourth-order valence-electron chi connectivity index (χ4n) is 1.34. The Labute approximate surface area is 74.2 Å².